The lowest BCUT2D eigenvalue weighted by molar-refractivity contribution is 0.163. The Morgan fingerprint density at radius 2 is 1.20 bits per heavy atom. The van der Waals surface area contributed by atoms with Crippen LogP contribution in [0, 0.1) is 23.7 Å². The molecule has 0 aliphatic carbocycles. The number of nitrogens with two attached hydrogens (primary N) is 2. The van der Waals surface area contributed by atoms with E-state index in [0.717, 1.165) is 51.9 Å². The Morgan fingerprint density at radius 3 is 1.68 bits per heavy atom. The summed E-state index contributed by atoms with van der Waals surface area (Å²) in [7, 11) is 0. The van der Waals surface area contributed by atoms with Gasteiger partial charge in [0.1, 0.15) is 0 Å². The Balaban J connectivity index is 3.83. The summed E-state index contributed by atoms with van der Waals surface area (Å²) < 4.78 is 0. The minimum Gasteiger partial charge on any atom is -0.390 e. The van der Waals surface area contributed by atoms with Crippen molar-refractivity contribution in [3.05, 3.63) is 0 Å². The van der Waals surface area contributed by atoms with Gasteiger partial charge in [-0.3, -0.25) is 0 Å². The minimum absolute atomic E-state index is 0.335. The van der Waals surface area contributed by atoms with Crippen LogP contribution in [0.2, 0.25) is 0 Å². The molecule has 0 aromatic heterocycles. The molecule has 0 aliphatic heterocycles. The molecule has 5 atom stereocenters. The van der Waals surface area contributed by atoms with Gasteiger partial charge in [-0.15, -0.1) is 0 Å². The summed E-state index contributed by atoms with van der Waals surface area (Å²) in [6.45, 7) is 13.7. The van der Waals surface area contributed by atoms with Gasteiger partial charge in [-0.1, -0.05) is 47.0 Å². The Morgan fingerprint density at radius 1 is 0.720 bits per heavy atom. The molecule has 5 nitrogen and oxygen atoms in total. The normalized spacial score (nSPS) is 17.9. The molecular formula is C20H46N4O. The zero-order valence-electron chi connectivity index (χ0n) is 17.3. The quantitative estimate of drug-likeness (QED) is 0.274. The fourth-order valence-corrected chi connectivity index (χ4v) is 3.40. The van der Waals surface area contributed by atoms with Crippen molar-refractivity contribution < 1.29 is 5.11 Å². The molecule has 0 heterocycles. The number of nitrogens with one attached hydrogen (secondary N) is 2. The lowest BCUT2D eigenvalue weighted by atomic mass is 9.91. The standard InChI is InChI=1S/C20H46N4O/c1-5-17(10-21)8-16(4)12-23-14-20(25)15-24-13-19(7-3)9-18(6-2)11-22/h16-20,23-25H,5-15,21-22H2,1-4H3/t16-,17-,18+,19-,20-/m0/s1. The second-order valence-electron chi connectivity index (χ2n) is 7.84. The first-order valence-corrected chi connectivity index (χ1v) is 10.5. The van der Waals surface area contributed by atoms with Crippen LogP contribution in [0.4, 0.5) is 0 Å². The fourth-order valence-electron chi connectivity index (χ4n) is 3.40. The van der Waals surface area contributed by atoms with E-state index in [1.807, 2.05) is 0 Å². The van der Waals surface area contributed by atoms with Crippen molar-refractivity contribution in [2.45, 2.75) is 65.9 Å². The highest BCUT2D eigenvalue weighted by atomic mass is 16.3. The number of aliphatic hydroxyl groups is 1. The van der Waals surface area contributed by atoms with Crippen LogP contribution in [0.15, 0.2) is 0 Å². The summed E-state index contributed by atoms with van der Waals surface area (Å²) in [5.74, 6) is 2.49. The van der Waals surface area contributed by atoms with Crippen LogP contribution in [-0.2, 0) is 0 Å². The van der Waals surface area contributed by atoms with Crippen LogP contribution in [0.1, 0.15) is 59.8 Å². The van der Waals surface area contributed by atoms with E-state index in [1.54, 1.807) is 0 Å². The van der Waals surface area contributed by atoms with Gasteiger partial charge in [0.15, 0.2) is 0 Å². The zero-order valence-corrected chi connectivity index (χ0v) is 17.3. The Kier molecular flexibility index (Phi) is 15.9. The molecule has 152 valence electrons. The van der Waals surface area contributed by atoms with Gasteiger partial charge in [-0.2, -0.15) is 0 Å². The van der Waals surface area contributed by atoms with Gasteiger partial charge < -0.3 is 27.2 Å². The first-order valence-electron chi connectivity index (χ1n) is 10.5. The summed E-state index contributed by atoms with van der Waals surface area (Å²) >= 11 is 0. The van der Waals surface area contributed by atoms with Gasteiger partial charge in [-0.25, -0.2) is 0 Å². The van der Waals surface area contributed by atoms with Gasteiger partial charge in [0, 0.05) is 13.1 Å². The van der Waals surface area contributed by atoms with Crippen molar-refractivity contribution in [1.82, 2.24) is 10.6 Å². The Bertz CT molecular complexity index is 283. The molecule has 0 amide bonds. The van der Waals surface area contributed by atoms with Crippen molar-refractivity contribution in [1.29, 1.82) is 0 Å². The summed E-state index contributed by atoms with van der Waals surface area (Å²) in [5, 5.41) is 17.0. The lowest BCUT2D eigenvalue weighted by Gasteiger charge is -2.22. The summed E-state index contributed by atoms with van der Waals surface area (Å²) in [6.07, 6.45) is 5.47. The van der Waals surface area contributed by atoms with Crippen molar-refractivity contribution in [3.63, 3.8) is 0 Å². The van der Waals surface area contributed by atoms with E-state index in [4.69, 9.17) is 11.5 Å². The van der Waals surface area contributed by atoms with Crippen molar-refractivity contribution >= 4 is 0 Å². The van der Waals surface area contributed by atoms with Gasteiger partial charge in [0.2, 0.25) is 0 Å². The molecule has 25 heavy (non-hydrogen) atoms. The molecular weight excluding hydrogens is 312 g/mol. The molecule has 0 spiro atoms. The molecule has 0 bridgehead atoms. The van der Waals surface area contributed by atoms with Gasteiger partial charge >= 0.3 is 0 Å². The van der Waals surface area contributed by atoms with E-state index in [2.05, 4.69) is 38.3 Å². The highest BCUT2D eigenvalue weighted by Gasteiger charge is 2.14. The van der Waals surface area contributed by atoms with Crippen LogP contribution >= 0.6 is 0 Å². The molecule has 7 N–H and O–H groups in total. The average Bonchev–Trinajstić information content (AvgIpc) is 2.62. The molecule has 5 heteroatoms. The fraction of sp³-hybridized carbons (Fsp3) is 1.00. The van der Waals surface area contributed by atoms with Crippen molar-refractivity contribution in [2.75, 3.05) is 39.3 Å². The molecule has 0 radical (unpaired) electrons. The van der Waals surface area contributed by atoms with Crippen molar-refractivity contribution in [2.24, 2.45) is 35.1 Å². The SMILES string of the molecule is CC[C@H](CN)C[C@H](C)CNC[C@H](O)CNC[C@@H](CC)C[C@@H](CC)CN. The molecule has 0 aromatic carbocycles. The van der Waals surface area contributed by atoms with E-state index >= 15 is 0 Å². The average molecular weight is 359 g/mol. The van der Waals surface area contributed by atoms with Crippen LogP contribution in [0.25, 0.3) is 0 Å². The molecule has 0 unspecified atom stereocenters. The monoisotopic (exact) mass is 358 g/mol. The highest BCUT2D eigenvalue weighted by Crippen LogP contribution is 2.17. The Hall–Kier alpha value is -0.200. The maximum Gasteiger partial charge on any atom is 0.0788 e. The molecule has 0 saturated carbocycles. The van der Waals surface area contributed by atoms with E-state index < -0.39 is 0 Å². The molecule has 0 aromatic rings. The number of rotatable bonds is 17. The molecule has 0 rings (SSSR count). The maximum atomic E-state index is 10.1. The second-order valence-corrected chi connectivity index (χ2v) is 7.84. The van der Waals surface area contributed by atoms with Crippen LogP contribution in [0.3, 0.4) is 0 Å². The second kappa shape index (κ2) is 16.0. The first kappa shape index (κ1) is 24.8. The Labute approximate surface area is 156 Å². The van der Waals surface area contributed by atoms with Gasteiger partial charge in [-0.05, 0) is 62.7 Å². The van der Waals surface area contributed by atoms with E-state index in [0.29, 0.717) is 36.8 Å². The molecule has 0 saturated heterocycles. The largest absolute Gasteiger partial charge is 0.390 e. The van der Waals surface area contributed by atoms with Gasteiger partial charge in [0.05, 0.1) is 6.10 Å². The third-order valence-corrected chi connectivity index (χ3v) is 5.49. The first-order chi connectivity index (χ1) is 12.0. The summed E-state index contributed by atoms with van der Waals surface area (Å²) in [5.41, 5.74) is 11.6. The third kappa shape index (κ3) is 12.7. The number of hydrogen-bond donors (Lipinski definition) is 5. The maximum absolute atomic E-state index is 10.1. The van der Waals surface area contributed by atoms with Crippen LogP contribution < -0.4 is 22.1 Å². The predicted molar refractivity (Wildman–Crippen MR) is 110 cm³/mol. The topological polar surface area (TPSA) is 96.3 Å². The van der Waals surface area contributed by atoms with Crippen LogP contribution in [0.5, 0.6) is 0 Å². The van der Waals surface area contributed by atoms with E-state index in [1.165, 1.54) is 6.42 Å². The third-order valence-electron chi connectivity index (χ3n) is 5.49. The van der Waals surface area contributed by atoms with Gasteiger partial charge in [0.25, 0.3) is 0 Å². The predicted octanol–water partition coefficient (Wildman–Crippen LogP) is 1.94. The molecule has 0 aliphatic rings. The van der Waals surface area contributed by atoms with Crippen LogP contribution in [-0.4, -0.2) is 50.5 Å². The number of hydrogen-bond acceptors (Lipinski definition) is 5. The van der Waals surface area contributed by atoms with E-state index in [-0.39, 0.29) is 6.10 Å². The molecule has 0 fully saturated rings. The smallest absolute Gasteiger partial charge is 0.0788 e. The summed E-state index contributed by atoms with van der Waals surface area (Å²) in [6, 6.07) is 0. The highest BCUT2D eigenvalue weighted by molar-refractivity contribution is 4.71. The summed E-state index contributed by atoms with van der Waals surface area (Å²) in [4.78, 5) is 0. The van der Waals surface area contributed by atoms with Crippen molar-refractivity contribution in [3.8, 4) is 0 Å². The number of aliphatic hydroxyl groups excluding tert-OH is 1. The minimum atomic E-state index is -0.335. The lowest BCUT2D eigenvalue weighted by Crippen LogP contribution is -2.39. The van der Waals surface area contributed by atoms with E-state index in [9.17, 15) is 5.11 Å². The zero-order chi connectivity index (χ0) is 19.1.